The van der Waals surface area contributed by atoms with Gasteiger partial charge in [0.2, 0.25) is 17.7 Å². The van der Waals surface area contributed by atoms with Crippen LogP contribution < -0.4 is 15.4 Å². The number of ether oxygens (including phenoxy) is 1. The van der Waals surface area contributed by atoms with Gasteiger partial charge in [-0.25, -0.2) is 15.0 Å². The molecule has 13 heteroatoms. The van der Waals surface area contributed by atoms with Crippen LogP contribution in [0.25, 0.3) is 21.5 Å². The second-order valence-electron chi connectivity index (χ2n) is 10.8. The highest BCUT2D eigenvalue weighted by Crippen LogP contribution is 2.38. The van der Waals surface area contributed by atoms with Gasteiger partial charge in [0.1, 0.15) is 11.8 Å². The molecule has 224 valence electrons. The van der Waals surface area contributed by atoms with Gasteiger partial charge in [-0.05, 0) is 62.4 Å². The van der Waals surface area contributed by atoms with Gasteiger partial charge in [-0.1, -0.05) is 29.9 Å². The lowest BCUT2D eigenvalue weighted by molar-refractivity contribution is -0.137. The zero-order valence-corrected chi connectivity index (χ0v) is 24.1. The van der Waals surface area contributed by atoms with Crippen LogP contribution in [0.3, 0.4) is 0 Å². The van der Waals surface area contributed by atoms with E-state index in [9.17, 15) is 22.8 Å². The first kappa shape index (κ1) is 29.0. The third-order valence-electron chi connectivity index (χ3n) is 7.51. The van der Waals surface area contributed by atoms with Crippen LogP contribution >= 0.6 is 11.3 Å². The van der Waals surface area contributed by atoms with Crippen LogP contribution in [-0.2, 0) is 15.8 Å². The minimum atomic E-state index is -4.59. The third kappa shape index (κ3) is 6.78. The molecule has 1 saturated heterocycles. The van der Waals surface area contributed by atoms with E-state index < -0.39 is 17.8 Å². The number of fused-ring (bicyclic) bond motifs is 1. The number of nitrogens with one attached hydrogen (secondary N) is 2. The number of thiazole rings is 1. The summed E-state index contributed by atoms with van der Waals surface area (Å²) in [5.74, 6) is 0.525. The lowest BCUT2D eigenvalue weighted by Crippen LogP contribution is -2.47. The Hall–Kier alpha value is -4.10. The summed E-state index contributed by atoms with van der Waals surface area (Å²) in [6, 6.07) is 9.62. The first-order chi connectivity index (χ1) is 20.6. The van der Waals surface area contributed by atoms with Gasteiger partial charge in [0.15, 0.2) is 10.9 Å². The van der Waals surface area contributed by atoms with Gasteiger partial charge in [-0.2, -0.15) is 13.2 Å². The van der Waals surface area contributed by atoms with Crippen LogP contribution in [0.2, 0.25) is 0 Å². The Bertz CT molecular complexity index is 1670. The van der Waals surface area contributed by atoms with E-state index in [-0.39, 0.29) is 29.1 Å². The number of alkyl halides is 3. The second-order valence-corrected chi connectivity index (χ2v) is 11.9. The topological polar surface area (TPSA) is 109 Å². The maximum Gasteiger partial charge on any atom is 0.416 e. The molecular weight excluding hydrogens is 581 g/mol. The maximum absolute atomic E-state index is 13.7. The fourth-order valence-corrected chi connectivity index (χ4v) is 6.20. The highest BCUT2D eigenvalue weighted by Gasteiger charge is 2.35. The fourth-order valence-electron chi connectivity index (χ4n) is 5.27. The first-order valence-corrected chi connectivity index (χ1v) is 14.9. The number of anilines is 2. The van der Waals surface area contributed by atoms with Crippen LogP contribution in [0.15, 0.2) is 48.8 Å². The number of hydrogen-bond acceptors (Lipinski definition) is 8. The van der Waals surface area contributed by atoms with Gasteiger partial charge < -0.3 is 15.4 Å². The Morgan fingerprint density at radius 2 is 1.91 bits per heavy atom. The molecule has 1 aliphatic carbocycles. The minimum absolute atomic E-state index is 0.0166. The van der Waals surface area contributed by atoms with Crippen molar-refractivity contribution in [2.75, 3.05) is 23.7 Å². The molecule has 4 aromatic rings. The molecule has 2 N–H and O–H groups in total. The van der Waals surface area contributed by atoms with E-state index in [1.54, 1.807) is 12.1 Å². The molecule has 1 aliphatic heterocycles. The maximum atomic E-state index is 13.7. The van der Waals surface area contributed by atoms with Gasteiger partial charge in [0.25, 0.3) is 0 Å². The standard InChI is InChI=1S/C30H29F3N6O3S/c1-17(40)36-29-38-27-24(6-4-7-25(27)43-29)42-26-14-21(34-16-35-26)20-11-10-19(30(31,32)33)13-22(20)37-28(41)23-5-2-3-12-39(23)15-18-8-9-18/h4,6-7,10-11,13-14,16,18,23H,2-3,5,8-9,12,15H2,1H3,(H,37,41)(H,36,38,40). The molecular formula is C30H29F3N6O3S. The van der Waals surface area contributed by atoms with Gasteiger partial charge >= 0.3 is 6.18 Å². The van der Waals surface area contributed by atoms with Crippen LogP contribution in [-0.4, -0.2) is 50.8 Å². The second kappa shape index (κ2) is 11.9. The van der Waals surface area contributed by atoms with E-state index in [0.29, 0.717) is 34.3 Å². The predicted octanol–water partition coefficient (Wildman–Crippen LogP) is 6.73. The van der Waals surface area contributed by atoms with Crippen LogP contribution in [0, 0.1) is 5.92 Å². The molecule has 2 aliphatic rings. The lowest BCUT2D eigenvalue weighted by Gasteiger charge is -2.34. The highest BCUT2D eigenvalue weighted by molar-refractivity contribution is 7.22. The zero-order chi connectivity index (χ0) is 30.1. The molecule has 1 unspecified atom stereocenters. The number of carbonyl (C=O) groups is 2. The van der Waals surface area contributed by atoms with E-state index in [0.717, 1.165) is 55.6 Å². The lowest BCUT2D eigenvalue weighted by atomic mass is 10.00. The van der Waals surface area contributed by atoms with Crippen molar-refractivity contribution in [2.24, 2.45) is 5.92 Å². The summed E-state index contributed by atoms with van der Waals surface area (Å²) < 4.78 is 48.0. The Kier molecular flexibility index (Phi) is 8.01. The van der Waals surface area contributed by atoms with E-state index in [4.69, 9.17) is 4.74 Å². The number of carbonyl (C=O) groups excluding carboxylic acids is 2. The predicted molar refractivity (Wildman–Crippen MR) is 157 cm³/mol. The molecule has 9 nitrogen and oxygen atoms in total. The first-order valence-electron chi connectivity index (χ1n) is 14.1. The van der Waals surface area contributed by atoms with Gasteiger partial charge in [-0.3, -0.25) is 14.5 Å². The van der Waals surface area contributed by atoms with Crippen molar-refractivity contribution in [2.45, 2.75) is 51.2 Å². The number of halogens is 3. The van der Waals surface area contributed by atoms with Gasteiger partial charge in [0.05, 0.1) is 27.7 Å². The number of aromatic nitrogens is 3. The van der Waals surface area contributed by atoms with Crippen molar-refractivity contribution in [3.05, 3.63) is 54.4 Å². The highest BCUT2D eigenvalue weighted by atomic mass is 32.1. The van der Waals surface area contributed by atoms with Crippen LogP contribution in [0.5, 0.6) is 11.6 Å². The minimum Gasteiger partial charge on any atom is -0.437 e. The molecule has 0 spiro atoms. The molecule has 3 heterocycles. The Balaban J connectivity index is 1.30. The quantitative estimate of drug-likeness (QED) is 0.228. The summed E-state index contributed by atoms with van der Waals surface area (Å²) in [7, 11) is 0. The van der Waals surface area contributed by atoms with E-state index >= 15 is 0 Å². The summed E-state index contributed by atoms with van der Waals surface area (Å²) in [4.78, 5) is 40.1. The van der Waals surface area contributed by atoms with Gasteiger partial charge in [0, 0.05) is 25.1 Å². The summed E-state index contributed by atoms with van der Waals surface area (Å²) in [6.07, 6.45) is 1.49. The van der Waals surface area contributed by atoms with Crippen LogP contribution in [0.1, 0.15) is 44.6 Å². The van der Waals surface area contributed by atoms with Crippen molar-refractivity contribution in [1.82, 2.24) is 19.9 Å². The van der Waals surface area contributed by atoms with Crippen molar-refractivity contribution in [3.8, 4) is 22.9 Å². The number of rotatable bonds is 8. The molecule has 43 heavy (non-hydrogen) atoms. The third-order valence-corrected chi connectivity index (χ3v) is 8.44. The number of likely N-dealkylation sites (tertiary alicyclic amines) is 1. The van der Waals surface area contributed by atoms with Crippen molar-refractivity contribution >= 4 is 44.2 Å². The summed E-state index contributed by atoms with van der Waals surface area (Å²) in [6.45, 7) is 3.02. The summed E-state index contributed by atoms with van der Waals surface area (Å²) in [5, 5.41) is 5.88. The number of amides is 2. The molecule has 1 atom stereocenters. The Labute approximate surface area is 249 Å². The number of hydrogen-bond donors (Lipinski definition) is 2. The number of nitrogens with zero attached hydrogens (tertiary/aromatic N) is 4. The van der Waals surface area contributed by atoms with Crippen LogP contribution in [0.4, 0.5) is 24.0 Å². The summed E-state index contributed by atoms with van der Waals surface area (Å²) >= 11 is 1.29. The average Bonchev–Trinajstić information content (AvgIpc) is 3.69. The van der Waals surface area contributed by atoms with Crippen molar-refractivity contribution in [3.63, 3.8) is 0 Å². The van der Waals surface area contributed by atoms with Gasteiger partial charge in [-0.15, -0.1) is 0 Å². The molecule has 1 saturated carbocycles. The SMILES string of the molecule is CC(=O)Nc1nc2c(Oc3cc(-c4ccc(C(F)(F)F)cc4NC(=O)C4CCCCN4CC4CC4)ncn3)cccc2s1. The number of benzene rings is 2. The fraction of sp³-hybridized carbons (Fsp3) is 0.367. The Morgan fingerprint density at radius 3 is 2.67 bits per heavy atom. The molecule has 0 radical (unpaired) electrons. The largest absolute Gasteiger partial charge is 0.437 e. The molecule has 2 aromatic carbocycles. The van der Waals surface area contributed by atoms with E-state index in [1.807, 2.05) is 6.07 Å². The molecule has 6 rings (SSSR count). The molecule has 0 bridgehead atoms. The average molecular weight is 611 g/mol. The summed E-state index contributed by atoms with van der Waals surface area (Å²) in [5.41, 5.74) is 0.237. The monoisotopic (exact) mass is 610 g/mol. The van der Waals surface area contributed by atoms with E-state index in [1.165, 1.54) is 36.7 Å². The van der Waals surface area contributed by atoms with Crippen molar-refractivity contribution in [1.29, 1.82) is 0 Å². The smallest absolute Gasteiger partial charge is 0.416 e. The normalized spacial score (nSPS) is 17.5. The molecule has 2 fully saturated rings. The van der Waals surface area contributed by atoms with Crippen molar-refractivity contribution < 1.29 is 27.5 Å². The number of piperidine rings is 1. The molecule has 2 amide bonds. The Morgan fingerprint density at radius 1 is 1.07 bits per heavy atom. The zero-order valence-electron chi connectivity index (χ0n) is 23.3. The molecule has 2 aromatic heterocycles. The van der Waals surface area contributed by atoms with E-state index in [2.05, 4.69) is 30.5 Å². The number of para-hydroxylation sites is 1.